The van der Waals surface area contributed by atoms with Gasteiger partial charge in [0.2, 0.25) is 0 Å². The van der Waals surface area contributed by atoms with Gasteiger partial charge in [-0.1, -0.05) is 0 Å². The number of rotatable bonds is 0. The zero-order chi connectivity index (χ0) is 12.4. The first kappa shape index (κ1) is 11.6. The molecule has 2 saturated heterocycles. The van der Waals surface area contributed by atoms with Gasteiger partial charge in [0.25, 0.3) is 0 Å². The van der Waals surface area contributed by atoms with E-state index in [4.69, 9.17) is 4.74 Å². The molecular weight excluding hydrogens is 232 g/mol. The maximum absolute atomic E-state index is 5.82. The maximum Gasteiger partial charge on any atom is 0.0584 e. The lowest BCUT2D eigenvalue weighted by atomic mass is 9.67. The van der Waals surface area contributed by atoms with Crippen molar-refractivity contribution in [2.75, 3.05) is 0 Å². The summed E-state index contributed by atoms with van der Waals surface area (Å²) in [6.45, 7) is 0. The lowest BCUT2D eigenvalue weighted by Crippen LogP contribution is -2.45. The highest BCUT2D eigenvalue weighted by molar-refractivity contribution is 4.97. The number of hydrogen-bond donors (Lipinski definition) is 0. The average Bonchev–Trinajstić information content (AvgIpc) is 2.77. The van der Waals surface area contributed by atoms with Gasteiger partial charge in [-0.25, -0.2) is 0 Å². The summed E-state index contributed by atoms with van der Waals surface area (Å²) in [5.41, 5.74) is 0. The van der Waals surface area contributed by atoms with Crippen LogP contribution < -0.4 is 0 Å². The van der Waals surface area contributed by atoms with Gasteiger partial charge < -0.3 is 4.74 Å². The minimum absolute atomic E-state index is 0.677. The van der Waals surface area contributed by atoms with Crippen LogP contribution in [0.3, 0.4) is 0 Å². The van der Waals surface area contributed by atoms with Crippen molar-refractivity contribution in [3.8, 4) is 0 Å². The van der Waals surface area contributed by atoms with Crippen LogP contribution >= 0.6 is 0 Å². The molecule has 8 rings (SSSR count). The van der Waals surface area contributed by atoms with Crippen LogP contribution in [0.5, 0.6) is 0 Å². The predicted octanol–water partition coefficient (Wildman–Crippen LogP) is 4.41. The Balaban J connectivity index is 0.0000000933. The first-order valence-corrected chi connectivity index (χ1v) is 8.97. The van der Waals surface area contributed by atoms with Crippen molar-refractivity contribution in [2.24, 2.45) is 35.5 Å². The molecule has 106 valence electrons. The average molecular weight is 260 g/mol. The Hall–Kier alpha value is -0.0400. The molecule has 0 aromatic carbocycles. The maximum atomic E-state index is 5.82. The second kappa shape index (κ2) is 4.23. The van der Waals surface area contributed by atoms with Gasteiger partial charge in [0.1, 0.15) is 0 Å². The molecule has 2 aliphatic heterocycles. The third-order valence-corrected chi connectivity index (χ3v) is 7.31. The summed E-state index contributed by atoms with van der Waals surface area (Å²) in [5, 5.41) is 0. The highest BCUT2D eigenvalue weighted by Crippen LogP contribution is 2.57. The van der Waals surface area contributed by atoms with E-state index in [0.717, 1.165) is 11.8 Å². The molecule has 0 aromatic heterocycles. The molecular formula is C18H28O. The van der Waals surface area contributed by atoms with Crippen molar-refractivity contribution in [3.05, 3.63) is 0 Å². The molecule has 8 fully saturated rings. The first-order valence-electron chi connectivity index (χ1n) is 8.97. The lowest BCUT2D eigenvalue weighted by molar-refractivity contribution is -0.154. The third-order valence-electron chi connectivity index (χ3n) is 7.31. The van der Waals surface area contributed by atoms with Gasteiger partial charge in [0, 0.05) is 0 Å². The Morgan fingerprint density at radius 2 is 0.789 bits per heavy atom. The van der Waals surface area contributed by atoms with Gasteiger partial charge in [-0.15, -0.1) is 0 Å². The molecule has 19 heavy (non-hydrogen) atoms. The van der Waals surface area contributed by atoms with E-state index in [9.17, 15) is 0 Å². The molecule has 0 unspecified atom stereocenters. The van der Waals surface area contributed by atoms with Gasteiger partial charge in [0.05, 0.1) is 12.2 Å². The zero-order valence-corrected chi connectivity index (χ0v) is 12.1. The fourth-order valence-corrected chi connectivity index (χ4v) is 6.95. The van der Waals surface area contributed by atoms with Gasteiger partial charge in [-0.3, -0.25) is 0 Å². The molecule has 8 bridgehead atoms. The van der Waals surface area contributed by atoms with E-state index in [0.29, 0.717) is 12.2 Å². The van der Waals surface area contributed by atoms with E-state index in [1.165, 1.54) is 55.8 Å². The van der Waals surface area contributed by atoms with Gasteiger partial charge in [-0.2, -0.15) is 0 Å². The summed E-state index contributed by atoms with van der Waals surface area (Å²) in [4.78, 5) is 0. The molecule has 0 N–H and O–H groups in total. The van der Waals surface area contributed by atoms with Crippen molar-refractivity contribution in [2.45, 2.75) is 76.4 Å². The van der Waals surface area contributed by atoms with Gasteiger partial charge in [-0.05, 0) is 99.7 Å². The van der Waals surface area contributed by atoms with Crippen molar-refractivity contribution >= 4 is 0 Å². The van der Waals surface area contributed by atoms with Crippen LogP contribution in [0.25, 0.3) is 0 Å². The molecule has 0 spiro atoms. The van der Waals surface area contributed by atoms with Crippen LogP contribution in [0.15, 0.2) is 0 Å². The molecule has 0 aromatic rings. The Morgan fingerprint density at radius 3 is 1.11 bits per heavy atom. The summed E-state index contributed by atoms with van der Waals surface area (Å²) >= 11 is 0. The van der Waals surface area contributed by atoms with Crippen LogP contribution in [-0.4, -0.2) is 12.2 Å². The lowest BCUT2D eigenvalue weighted by Gasteiger charge is -2.49. The van der Waals surface area contributed by atoms with Crippen molar-refractivity contribution < 1.29 is 4.74 Å². The molecule has 8 aliphatic rings. The van der Waals surface area contributed by atoms with Gasteiger partial charge in [0.15, 0.2) is 0 Å². The van der Waals surface area contributed by atoms with Crippen LogP contribution in [0.1, 0.15) is 64.2 Å². The normalized spacial score (nSPS) is 59.4. The SMILES string of the molecule is C1C2CC3CC1CC(C2)O3.C1C2CC3CC1CC3C2. The third kappa shape index (κ3) is 1.99. The van der Waals surface area contributed by atoms with E-state index in [-0.39, 0.29) is 0 Å². The molecule has 0 atom stereocenters. The van der Waals surface area contributed by atoms with Crippen LogP contribution in [0.4, 0.5) is 0 Å². The molecule has 1 heteroatoms. The van der Waals surface area contributed by atoms with E-state index in [1.54, 1.807) is 32.1 Å². The van der Waals surface area contributed by atoms with E-state index in [2.05, 4.69) is 0 Å². The topological polar surface area (TPSA) is 9.23 Å². The van der Waals surface area contributed by atoms with E-state index < -0.39 is 0 Å². The standard InChI is InChI=1S/C9H14O.C9H14/c1-6-2-8-4-7(1)5-9(3-6)10-8;1-6-2-8-4-7(1)5-9(8)3-6/h6-9H,1-5H2;6-9H,1-5H2. The van der Waals surface area contributed by atoms with Crippen LogP contribution in [-0.2, 0) is 4.74 Å². The Kier molecular flexibility index (Phi) is 2.58. The molecule has 0 radical (unpaired) electrons. The molecule has 1 nitrogen and oxygen atoms in total. The Morgan fingerprint density at radius 1 is 0.421 bits per heavy atom. The number of ether oxygens (including phenoxy) is 1. The van der Waals surface area contributed by atoms with Gasteiger partial charge >= 0.3 is 0 Å². The monoisotopic (exact) mass is 260 g/mol. The zero-order valence-electron chi connectivity index (χ0n) is 12.1. The smallest absolute Gasteiger partial charge is 0.0584 e. The largest absolute Gasteiger partial charge is 0.375 e. The van der Waals surface area contributed by atoms with Crippen LogP contribution in [0, 0.1) is 35.5 Å². The molecule has 6 saturated carbocycles. The fourth-order valence-electron chi connectivity index (χ4n) is 6.95. The van der Waals surface area contributed by atoms with E-state index in [1.807, 2.05) is 0 Å². The van der Waals surface area contributed by atoms with Crippen molar-refractivity contribution in [1.82, 2.24) is 0 Å². The quantitative estimate of drug-likeness (QED) is 0.627. The fraction of sp³-hybridized carbons (Fsp3) is 1.00. The van der Waals surface area contributed by atoms with Crippen LogP contribution in [0.2, 0.25) is 0 Å². The Bertz CT molecular complexity index is 273. The summed E-state index contributed by atoms with van der Waals surface area (Å²) in [6.07, 6.45) is 16.5. The highest BCUT2D eigenvalue weighted by atomic mass is 16.5. The minimum Gasteiger partial charge on any atom is -0.375 e. The summed E-state index contributed by atoms with van der Waals surface area (Å²) in [6, 6.07) is 0. The molecule has 0 amide bonds. The highest BCUT2D eigenvalue weighted by Gasteiger charge is 2.47. The summed E-state index contributed by atoms with van der Waals surface area (Å²) in [7, 11) is 0. The second-order valence-corrected chi connectivity index (χ2v) is 8.72. The minimum atomic E-state index is 0.677. The predicted molar refractivity (Wildman–Crippen MR) is 75.8 cm³/mol. The van der Waals surface area contributed by atoms with Crippen molar-refractivity contribution in [3.63, 3.8) is 0 Å². The summed E-state index contributed by atoms with van der Waals surface area (Å²) in [5.74, 6) is 6.88. The Labute approximate surface area is 117 Å². The number of hydrogen-bond acceptors (Lipinski definition) is 1. The second-order valence-electron chi connectivity index (χ2n) is 8.72. The van der Waals surface area contributed by atoms with Crippen molar-refractivity contribution in [1.29, 1.82) is 0 Å². The van der Waals surface area contributed by atoms with E-state index >= 15 is 0 Å². The summed E-state index contributed by atoms with van der Waals surface area (Å²) < 4.78 is 5.82. The first-order chi connectivity index (χ1) is 9.31. The molecule has 6 aliphatic carbocycles. The molecule has 2 heterocycles.